The molecule has 1 N–H and O–H groups in total. The Hall–Kier alpha value is -0.490. The molecule has 1 aliphatic heterocycles. The number of hydrogen-bond acceptors (Lipinski definition) is 5. The van der Waals surface area contributed by atoms with Gasteiger partial charge in [-0.3, -0.25) is 0 Å². The normalized spacial score (nSPS) is 23.1. The Bertz CT molecular complexity index is 365. The zero-order chi connectivity index (χ0) is 12.3. The number of aryl methyl sites for hydroxylation is 1. The van der Waals surface area contributed by atoms with Gasteiger partial charge in [0, 0.05) is 24.2 Å². The first-order chi connectivity index (χ1) is 8.09. The van der Waals surface area contributed by atoms with Crippen molar-refractivity contribution in [2.24, 2.45) is 0 Å². The van der Waals surface area contributed by atoms with E-state index in [0.29, 0.717) is 6.61 Å². The highest BCUT2D eigenvalue weighted by atomic mass is 32.1. The lowest BCUT2D eigenvalue weighted by atomic mass is 10.3. The number of aromatic nitrogens is 1. The van der Waals surface area contributed by atoms with Gasteiger partial charge in [0.1, 0.15) is 0 Å². The summed E-state index contributed by atoms with van der Waals surface area (Å²) >= 11 is 1.77. The molecule has 1 atom stereocenters. The second kappa shape index (κ2) is 5.44. The van der Waals surface area contributed by atoms with Gasteiger partial charge in [-0.25, -0.2) is 4.98 Å². The van der Waals surface area contributed by atoms with E-state index in [1.54, 1.807) is 11.3 Å². The highest BCUT2D eigenvalue weighted by molar-refractivity contribution is 7.11. The molecular formula is C12H20N2O2S. The highest BCUT2D eigenvalue weighted by Crippen LogP contribution is 2.21. The molecule has 5 heteroatoms. The number of ether oxygens (including phenoxy) is 2. The second-order valence-corrected chi connectivity index (χ2v) is 5.86. The molecule has 0 amide bonds. The first-order valence-electron chi connectivity index (χ1n) is 6.05. The molecule has 17 heavy (non-hydrogen) atoms. The minimum atomic E-state index is -0.424. The molecule has 1 fully saturated rings. The molecular weight excluding hydrogens is 236 g/mol. The van der Waals surface area contributed by atoms with E-state index in [1.165, 1.54) is 9.88 Å². The molecule has 4 nitrogen and oxygen atoms in total. The lowest BCUT2D eigenvalue weighted by molar-refractivity contribution is -0.137. The van der Waals surface area contributed by atoms with Gasteiger partial charge in [0.2, 0.25) is 0 Å². The summed E-state index contributed by atoms with van der Waals surface area (Å²) in [7, 11) is 0. The summed E-state index contributed by atoms with van der Waals surface area (Å²) in [6.07, 6.45) is 3.12. The smallest absolute Gasteiger partial charge is 0.163 e. The van der Waals surface area contributed by atoms with E-state index in [-0.39, 0.29) is 6.10 Å². The summed E-state index contributed by atoms with van der Waals surface area (Å²) in [6, 6.07) is 0. The maximum absolute atomic E-state index is 5.72. The van der Waals surface area contributed by atoms with Gasteiger partial charge in [-0.15, -0.1) is 11.3 Å². The zero-order valence-electron chi connectivity index (χ0n) is 10.7. The fourth-order valence-electron chi connectivity index (χ4n) is 1.81. The van der Waals surface area contributed by atoms with Crippen molar-refractivity contribution in [2.45, 2.75) is 45.6 Å². The van der Waals surface area contributed by atoms with Gasteiger partial charge in [-0.05, 0) is 20.3 Å². The molecule has 0 saturated carbocycles. The van der Waals surface area contributed by atoms with Crippen molar-refractivity contribution >= 4 is 11.3 Å². The highest BCUT2D eigenvalue weighted by Gasteiger charge is 2.32. The molecule has 1 aromatic heterocycles. The van der Waals surface area contributed by atoms with Crippen molar-refractivity contribution in [3.63, 3.8) is 0 Å². The van der Waals surface area contributed by atoms with Crippen molar-refractivity contribution < 1.29 is 9.47 Å². The minimum absolute atomic E-state index is 0.156. The molecule has 1 aromatic rings. The van der Waals surface area contributed by atoms with E-state index < -0.39 is 5.79 Å². The average Bonchev–Trinajstić information content (AvgIpc) is 2.85. The van der Waals surface area contributed by atoms with Gasteiger partial charge < -0.3 is 14.8 Å². The maximum atomic E-state index is 5.72. The van der Waals surface area contributed by atoms with Crippen LogP contribution in [-0.4, -0.2) is 30.0 Å². The van der Waals surface area contributed by atoms with E-state index in [1.807, 2.05) is 20.0 Å². The van der Waals surface area contributed by atoms with Crippen molar-refractivity contribution in [1.82, 2.24) is 10.3 Å². The summed E-state index contributed by atoms with van der Waals surface area (Å²) in [5.41, 5.74) is 0. The van der Waals surface area contributed by atoms with Crippen LogP contribution in [0, 0.1) is 0 Å². The number of thiazole rings is 1. The predicted octanol–water partition coefficient (Wildman–Crippen LogP) is 1.95. The van der Waals surface area contributed by atoms with Gasteiger partial charge in [0.05, 0.1) is 17.7 Å². The van der Waals surface area contributed by atoms with Gasteiger partial charge >= 0.3 is 0 Å². The second-order valence-electron chi connectivity index (χ2n) is 4.66. The average molecular weight is 256 g/mol. The largest absolute Gasteiger partial charge is 0.348 e. The zero-order valence-corrected chi connectivity index (χ0v) is 11.5. The van der Waals surface area contributed by atoms with E-state index >= 15 is 0 Å². The van der Waals surface area contributed by atoms with E-state index in [2.05, 4.69) is 17.2 Å². The first kappa shape index (κ1) is 13.0. The van der Waals surface area contributed by atoms with Crippen molar-refractivity contribution in [2.75, 3.05) is 13.2 Å². The summed E-state index contributed by atoms with van der Waals surface area (Å²) < 4.78 is 11.2. The van der Waals surface area contributed by atoms with Crippen LogP contribution in [0.3, 0.4) is 0 Å². The van der Waals surface area contributed by atoms with Crippen LogP contribution in [0.15, 0.2) is 6.20 Å². The summed E-state index contributed by atoms with van der Waals surface area (Å²) in [4.78, 5) is 5.61. The Balaban J connectivity index is 1.69. The Morgan fingerprint density at radius 1 is 1.59 bits per heavy atom. The van der Waals surface area contributed by atoms with E-state index in [9.17, 15) is 0 Å². The molecule has 0 aromatic carbocycles. The molecule has 1 unspecified atom stereocenters. The quantitative estimate of drug-likeness (QED) is 0.874. The Labute approximate surface area is 106 Å². The molecule has 0 radical (unpaired) electrons. The lowest BCUT2D eigenvalue weighted by Crippen LogP contribution is -2.30. The monoisotopic (exact) mass is 256 g/mol. The molecule has 1 aliphatic rings. The van der Waals surface area contributed by atoms with Crippen molar-refractivity contribution in [3.8, 4) is 0 Å². The van der Waals surface area contributed by atoms with Crippen LogP contribution in [-0.2, 0) is 22.4 Å². The minimum Gasteiger partial charge on any atom is -0.348 e. The van der Waals surface area contributed by atoms with Gasteiger partial charge in [-0.2, -0.15) is 0 Å². The van der Waals surface area contributed by atoms with Gasteiger partial charge in [-0.1, -0.05) is 6.92 Å². The maximum Gasteiger partial charge on any atom is 0.163 e. The number of nitrogens with one attached hydrogen (secondary N) is 1. The molecule has 2 heterocycles. The fraction of sp³-hybridized carbons (Fsp3) is 0.750. The van der Waals surface area contributed by atoms with Gasteiger partial charge in [0.25, 0.3) is 0 Å². The van der Waals surface area contributed by atoms with Crippen LogP contribution in [0.5, 0.6) is 0 Å². The van der Waals surface area contributed by atoms with Crippen molar-refractivity contribution in [3.05, 3.63) is 16.1 Å². The molecule has 1 saturated heterocycles. The Morgan fingerprint density at radius 3 is 3.00 bits per heavy atom. The summed E-state index contributed by atoms with van der Waals surface area (Å²) in [5.74, 6) is -0.424. The summed E-state index contributed by atoms with van der Waals surface area (Å²) in [6.45, 7) is 8.37. The van der Waals surface area contributed by atoms with Crippen LogP contribution < -0.4 is 5.32 Å². The molecule has 0 bridgehead atoms. The van der Waals surface area contributed by atoms with E-state index in [4.69, 9.17) is 9.47 Å². The number of rotatable bonds is 5. The van der Waals surface area contributed by atoms with Crippen LogP contribution in [0.2, 0.25) is 0 Å². The third-order valence-electron chi connectivity index (χ3n) is 2.64. The molecule has 2 rings (SSSR count). The predicted molar refractivity (Wildman–Crippen MR) is 68.1 cm³/mol. The van der Waals surface area contributed by atoms with Crippen LogP contribution in [0.25, 0.3) is 0 Å². The van der Waals surface area contributed by atoms with Gasteiger partial charge in [0.15, 0.2) is 5.79 Å². The standard InChI is InChI=1S/C12H20N2O2S/c1-4-11-14-7-10(17-11)6-13-5-9-8-15-12(2,3)16-9/h7,9,13H,4-6,8H2,1-3H3. The summed E-state index contributed by atoms with van der Waals surface area (Å²) in [5, 5.41) is 4.58. The Morgan fingerprint density at radius 2 is 2.41 bits per heavy atom. The Kier molecular flexibility index (Phi) is 4.14. The molecule has 0 aliphatic carbocycles. The molecule has 0 spiro atoms. The van der Waals surface area contributed by atoms with Crippen LogP contribution in [0.1, 0.15) is 30.7 Å². The topological polar surface area (TPSA) is 43.4 Å². The molecule has 96 valence electrons. The van der Waals surface area contributed by atoms with E-state index in [0.717, 1.165) is 19.5 Å². The number of nitrogens with zero attached hydrogens (tertiary/aromatic N) is 1. The third-order valence-corrected chi connectivity index (χ3v) is 3.78. The lowest BCUT2D eigenvalue weighted by Gasteiger charge is -2.17. The van der Waals surface area contributed by atoms with Crippen molar-refractivity contribution in [1.29, 1.82) is 0 Å². The first-order valence-corrected chi connectivity index (χ1v) is 6.87. The van der Waals surface area contributed by atoms with Crippen LogP contribution in [0.4, 0.5) is 0 Å². The third kappa shape index (κ3) is 3.74. The fourth-order valence-corrected chi connectivity index (χ4v) is 2.65. The number of hydrogen-bond donors (Lipinski definition) is 1. The SMILES string of the molecule is CCc1ncc(CNCC2COC(C)(C)O2)s1. The van der Waals surface area contributed by atoms with Crippen LogP contribution >= 0.6 is 11.3 Å².